The van der Waals surface area contributed by atoms with Gasteiger partial charge in [-0.05, 0) is 83.6 Å². The minimum Gasteiger partial charge on any atom is -0.505 e. The number of nitrogens with two attached hydrogens (primary N) is 2. The molecule has 0 unspecified atom stereocenters. The molecule has 6 rings (SSSR count). The van der Waals surface area contributed by atoms with Gasteiger partial charge in [-0.2, -0.15) is 43.9 Å². The van der Waals surface area contributed by atoms with Gasteiger partial charge < -0.3 is 27.0 Å². The third-order valence-corrected chi connectivity index (χ3v) is 11.6. The van der Waals surface area contributed by atoms with Gasteiger partial charge in [0.1, 0.15) is 21.2 Å². The summed E-state index contributed by atoms with van der Waals surface area (Å²) in [5, 5.41) is 38.6. The number of hydrogen-bond donors (Lipinski definition) is 9. The van der Waals surface area contributed by atoms with E-state index in [-0.39, 0.29) is 44.2 Å². The maximum atomic E-state index is 13.2. The monoisotopic (exact) mass is 887 g/mol. The van der Waals surface area contributed by atoms with E-state index in [1.807, 2.05) is 0 Å². The summed E-state index contributed by atoms with van der Waals surface area (Å²) in [6.07, 6.45) is 0. The molecule has 0 radical (unpaired) electrons. The van der Waals surface area contributed by atoms with Crippen LogP contribution in [0.25, 0.3) is 21.5 Å². The average Bonchev–Trinajstić information content (AvgIpc) is 3.12. The van der Waals surface area contributed by atoms with Crippen LogP contribution in [0.15, 0.2) is 125 Å². The number of carbonyl (C=O) groups excluding carboxylic acids is 1. The molecule has 0 saturated carbocycles. The van der Waals surface area contributed by atoms with Gasteiger partial charge in [-0.15, -0.1) is 10.2 Å². The molecule has 0 aliphatic heterocycles. The Balaban J connectivity index is 1.29. The molecule has 0 saturated heterocycles. The van der Waals surface area contributed by atoms with Gasteiger partial charge in [0.25, 0.3) is 46.4 Å². The molecule has 6 aromatic rings. The smallest absolute Gasteiger partial charge is 0.296 e. The second kappa shape index (κ2) is 14.9. The van der Waals surface area contributed by atoms with Crippen LogP contribution >= 0.6 is 0 Å². The molecule has 0 fully saturated rings. The van der Waals surface area contributed by atoms with E-state index < -0.39 is 100 Å². The number of nitrogen functional groups attached to an aromatic ring is 2. The third kappa shape index (κ3) is 8.78. The van der Waals surface area contributed by atoms with E-state index in [9.17, 15) is 66.9 Å². The molecule has 1 amide bonds. The summed E-state index contributed by atoms with van der Waals surface area (Å²) in [4.78, 5) is 9.78. The number of azo groups is 2. The number of hydrogen-bond acceptors (Lipinski definition) is 17. The summed E-state index contributed by atoms with van der Waals surface area (Å²) >= 11 is 0. The molecule has 22 nitrogen and oxygen atoms in total. The van der Waals surface area contributed by atoms with E-state index in [1.165, 1.54) is 48.5 Å². The van der Waals surface area contributed by atoms with Gasteiger partial charge in [0.15, 0.2) is 11.5 Å². The number of phenolic OH excluding ortho intramolecular Hbond substituents is 2. The zero-order valence-corrected chi connectivity index (χ0v) is 32.3. The minimum atomic E-state index is -5.15. The first-order chi connectivity index (χ1) is 27.3. The number of carbonyl (C=O) groups is 1. The maximum Gasteiger partial charge on any atom is 0.296 e. The van der Waals surface area contributed by atoms with Crippen molar-refractivity contribution in [2.45, 2.75) is 19.6 Å². The number of rotatable bonds is 10. The fraction of sp³-hybridized carbons (Fsp3) is 0. The van der Waals surface area contributed by atoms with Crippen molar-refractivity contribution in [3.05, 3.63) is 90.5 Å². The van der Waals surface area contributed by atoms with Crippen molar-refractivity contribution < 1.29 is 66.9 Å². The van der Waals surface area contributed by atoms with E-state index in [4.69, 9.17) is 11.5 Å². The Labute approximate surface area is 332 Å². The number of amides is 1. The van der Waals surface area contributed by atoms with Crippen LogP contribution in [0.1, 0.15) is 10.4 Å². The van der Waals surface area contributed by atoms with E-state index in [0.717, 1.165) is 36.4 Å². The third-order valence-electron chi connectivity index (χ3n) is 8.20. The summed E-state index contributed by atoms with van der Waals surface area (Å²) in [6.45, 7) is 0. The second-order valence-corrected chi connectivity index (χ2v) is 17.8. The Morgan fingerprint density at radius 1 is 0.525 bits per heavy atom. The van der Waals surface area contributed by atoms with Crippen molar-refractivity contribution >= 4 is 108 Å². The highest BCUT2D eigenvalue weighted by Gasteiger charge is 2.26. The normalized spacial score (nSPS) is 12.8. The predicted molar refractivity (Wildman–Crippen MR) is 208 cm³/mol. The Bertz CT molecular complexity index is 3320. The molecule has 11 N–H and O–H groups in total. The van der Waals surface area contributed by atoms with Crippen molar-refractivity contribution in [1.82, 2.24) is 0 Å². The molecule has 0 spiro atoms. The summed E-state index contributed by atoms with van der Waals surface area (Å²) in [6, 6.07) is 15.4. The Hall–Kier alpha value is -6.65. The number of aromatic hydroxyl groups is 2. The number of nitrogens with one attached hydrogen (secondary N) is 1. The van der Waals surface area contributed by atoms with Gasteiger partial charge in [0.2, 0.25) is 0 Å². The van der Waals surface area contributed by atoms with Crippen LogP contribution in [0.5, 0.6) is 11.5 Å². The summed E-state index contributed by atoms with van der Waals surface area (Å²) in [5.74, 6) is -2.58. The second-order valence-electron chi connectivity index (χ2n) is 12.2. The van der Waals surface area contributed by atoms with E-state index in [2.05, 4.69) is 25.8 Å². The van der Waals surface area contributed by atoms with E-state index in [0.29, 0.717) is 0 Å². The van der Waals surface area contributed by atoms with Crippen LogP contribution < -0.4 is 16.8 Å². The number of phenols is 2. The summed E-state index contributed by atoms with van der Waals surface area (Å²) in [7, 11) is -19.9. The molecule has 6 aromatic carbocycles. The molecule has 0 atom stereocenters. The first kappa shape index (κ1) is 42.0. The van der Waals surface area contributed by atoms with E-state index >= 15 is 0 Å². The van der Waals surface area contributed by atoms with Crippen LogP contribution in [0.2, 0.25) is 0 Å². The van der Waals surface area contributed by atoms with Crippen molar-refractivity contribution in [1.29, 1.82) is 0 Å². The predicted octanol–water partition coefficient (Wildman–Crippen LogP) is 5.64. The lowest BCUT2D eigenvalue weighted by Crippen LogP contribution is -2.11. The van der Waals surface area contributed by atoms with Crippen LogP contribution in [-0.2, 0) is 40.5 Å². The quantitative estimate of drug-likeness (QED) is 0.0456. The lowest BCUT2D eigenvalue weighted by atomic mass is 10.1. The van der Waals surface area contributed by atoms with Crippen molar-refractivity contribution in [3.63, 3.8) is 0 Å². The van der Waals surface area contributed by atoms with Crippen LogP contribution in [0, 0.1) is 0 Å². The van der Waals surface area contributed by atoms with Crippen LogP contribution in [-0.4, -0.2) is 68.0 Å². The van der Waals surface area contributed by atoms with Crippen molar-refractivity contribution in [2.24, 2.45) is 20.5 Å². The van der Waals surface area contributed by atoms with Gasteiger partial charge in [-0.1, -0.05) is 12.1 Å². The Kier molecular flexibility index (Phi) is 10.6. The van der Waals surface area contributed by atoms with Gasteiger partial charge >= 0.3 is 0 Å². The topological polar surface area (TPSA) is 389 Å². The molecular weight excluding hydrogens is 863 g/mol. The number of anilines is 3. The first-order valence-electron chi connectivity index (χ1n) is 15.8. The molecule has 26 heteroatoms. The lowest BCUT2D eigenvalue weighted by molar-refractivity contribution is 0.102. The highest BCUT2D eigenvalue weighted by atomic mass is 32.2. The highest BCUT2D eigenvalue weighted by molar-refractivity contribution is 7.86. The standard InChI is InChI=1S/C33H25N7O15S4/c34-23-13-21(56(44,45)46)8-16-10-25(58(50,51)52)29(31(41)27(16)23)39-37-19-5-1-3-15(7-19)33(43)36-18-4-2-6-20(12-18)38-40-30-26(59(53,54)55)11-17-9-22(57(47,48)49)14-24(35)28(17)32(30)42/h1-14,41-42H,34-35H2,(H,36,43)(H,44,45,46)(H,47,48,49)(H,50,51,52)(H,53,54,55). The number of benzene rings is 6. The fourth-order valence-electron chi connectivity index (χ4n) is 5.64. The van der Waals surface area contributed by atoms with Gasteiger partial charge in [-0.3, -0.25) is 23.0 Å². The van der Waals surface area contributed by atoms with Crippen molar-refractivity contribution in [2.75, 3.05) is 16.8 Å². The average molecular weight is 888 g/mol. The zero-order valence-electron chi connectivity index (χ0n) is 29.0. The summed E-state index contributed by atoms with van der Waals surface area (Å²) in [5.41, 5.74) is 9.33. The Morgan fingerprint density at radius 2 is 0.949 bits per heavy atom. The van der Waals surface area contributed by atoms with E-state index in [1.54, 1.807) is 0 Å². The lowest BCUT2D eigenvalue weighted by Gasteiger charge is -2.12. The largest absolute Gasteiger partial charge is 0.505 e. The van der Waals surface area contributed by atoms with Crippen molar-refractivity contribution in [3.8, 4) is 11.5 Å². The maximum absolute atomic E-state index is 13.2. The van der Waals surface area contributed by atoms with Gasteiger partial charge in [0, 0.05) is 33.4 Å². The van der Waals surface area contributed by atoms with Crippen LogP contribution in [0.4, 0.5) is 39.8 Å². The zero-order chi connectivity index (χ0) is 43.4. The number of fused-ring (bicyclic) bond motifs is 2. The molecule has 0 aliphatic rings. The first-order valence-corrected chi connectivity index (χ1v) is 21.5. The highest BCUT2D eigenvalue weighted by Crippen LogP contribution is 2.46. The molecule has 0 bridgehead atoms. The van der Waals surface area contributed by atoms with Crippen LogP contribution in [0.3, 0.4) is 0 Å². The molecule has 0 aliphatic carbocycles. The molecule has 0 heterocycles. The number of nitrogens with zero attached hydrogens (tertiary/aromatic N) is 4. The van der Waals surface area contributed by atoms with Gasteiger partial charge in [-0.25, -0.2) is 0 Å². The molecule has 0 aromatic heterocycles. The SMILES string of the molecule is Nc1cc(S(=O)(=O)O)cc2cc(S(=O)(=O)O)c(N=Nc3cccc(NC(=O)c4cccc(N=Nc5c(S(=O)(=O)O)cc6cc(S(=O)(=O)O)cc(N)c6c5O)c4)c3)c(O)c12. The fourth-order valence-corrected chi connectivity index (χ4v) is 8.06. The Morgan fingerprint density at radius 3 is 1.37 bits per heavy atom. The minimum absolute atomic E-state index is 0.0273. The summed E-state index contributed by atoms with van der Waals surface area (Å²) < 4.78 is 134. The molecule has 59 heavy (non-hydrogen) atoms. The molecular formula is C33H25N7O15S4. The van der Waals surface area contributed by atoms with Gasteiger partial charge in [0.05, 0.1) is 21.2 Å². The molecule has 306 valence electrons.